The molecular formula is C12H14O3. The highest BCUT2D eigenvalue weighted by Crippen LogP contribution is 2.31. The van der Waals surface area contributed by atoms with Crippen molar-refractivity contribution in [3.8, 4) is 0 Å². The summed E-state index contributed by atoms with van der Waals surface area (Å²) in [7, 11) is 0. The lowest BCUT2D eigenvalue weighted by atomic mass is 9.99. The molecule has 1 N–H and O–H groups in total. The number of rotatable bonds is 2. The topological polar surface area (TPSA) is 46.5 Å². The van der Waals surface area contributed by atoms with Crippen LogP contribution in [0.1, 0.15) is 40.4 Å². The molecule has 1 unspecified atom stereocenters. The lowest BCUT2D eigenvalue weighted by Gasteiger charge is -2.13. The number of aryl methyl sites for hydroxylation is 1. The van der Waals surface area contributed by atoms with Crippen LogP contribution < -0.4 is 0 Å². The Morgan fingerprint density at radius 2 is 2.33 bits per heavy atom. The number of benzene rings is 1. The maximum absolute atomic E-state index is 10.8. The predicted molar refractivity (Wildman–Crippen MR) is 56.1 cm³/mol. The summed E-state index contributed by atoms with van der Waals surface area (Å²) in [4.78, 5) is 10.8. The van der Waals surface area contributed by atoms with Crippen molar-refractivity contribution in [3.63, 3.8) is 0 Å². The highest BCUT2D eigenvalue weighted by Gasteiger charge is 2.20. The molecule has 0 aromatic heterocycles. The summed E-state index contributed by atoms with van der Waals surface area (Å²) in [5, 5.41) is 8.90. The quantitative estimate of drug-likeness (QED) is 0.808. The van der Waals surface area contributed by atoms with Crippen molar-refractivity contribution < 1.29 is 14.6 Å². The molecule has 0 aliphatic carbocycles. The zero-order chi connectivity index (χ0) is 10.8. The van der Waals surface area contributed by atoms with Gasteiger partial charge in [0, 0.05) is 6.61 Å². The number of hydrogen-bond donors (Lipinski definition) is 1. The minimum absolute atomic E-state index is 0.0873. The molecule has 80 valence electrons. The van der Waals surface area contributed by atoms with Gasteiger partial charge < -0.3 is 9.84 Å². The Kier molecular flexibility index (Phi) is 2.73. The average Bonchev–Trinajstić information content (AvgIpc) is 2.71. The monoisotopic (exact) mass is 206 g/mol. The first-order chi connectivity index (χ1) is 7.18. The Balaban J connectivity index is 2.35. The van der Waals surface area contributed by atoms with Crippen molar-refractivity contribution >= 4 is 5.97 Å². The van der Waals surface area contributed by atoms with Crippen molar-refractivity contribution in [1.29, 1.82) is 0 Å². The fraction of sp³-hybridized carbons (Fsp3) is 0.417. The van der Waals surface area contributed by atoms with Gasteiger partial charge in [-0.2, -0.15) is 0 Å². The van der Waals surface area contributed by atoms with Gasteiger partial charge in [0.1, 0.15) is 0 Å². The lowest BCUT2D eigenvalue weighted by Crippen LogP contribution is -2.03. The first-order valence-corrected chi connectivity index (χ1v) is 5.14. The van der Waals surface area contributed by atoms with E-state index in [1.54, 1.807) is 12.1 Å². The molecule has 1 saturated heterocycles. The number of carboxylic acids is 1. The van der Waals surface area contributed by atoms with Gasteiger partial charge in [0.05, 0.1) is 11.7 Å². The predicted octanol–water partition coefficient (Wildman–Crippen LogP) is 2.54. The van der Waals surface area contributed by atoms with Crippen molar-refractivity contribution in [2.24, 2.45) is 0 Å². The molecule has 1 atom stereocenters. The van der Waals surface area contributed by atoms with Gasteiger partial charge in [0.15, 0.2) is 0 Å². The number of ether oxygens (including phenoxy) is 1. The van der Waals surface area contributed by atoms with Crippen molar-refractivity contribution in [2.45, 2.75) is 25.9 Å². The van der Waals surface area contributed by atoms with Gasteiger partial charge in [-0.05, 0) is 43.0 Å². The van der Waals surface area contributed by atoms with Crippen LogP contribution in [0.2, 0.25) is 0 Å². The van der Waals surface area contributed by atoms with Crippen LogP contribution in [0.3, 0.4) is 0 Å². The van der Waals surface area contributed by atoms with Gasteiger partial charge in [0.2, 0.25) is 0 Å². The highest BCUT2D eigenvalue weighted by molar-refractivity contribution is 5.87. The van der Waals surface area contributed by atoms with Crippen molar-refractivity contribution in [1.82, 2.24) is 0 Å². The number of hydrogen-bond acceptors (Lipinski definition) is 2. The number of carboxylic acid groups (broad SMARTS) is 1. The zero-order valence-electron chi connectivity index (χ0n) is 8.69. The maximum atomic E-state index is 10.8. The molecule has 2 rings (SSSR count). The second-order valence-electron chi connectivity index (χ2n) is 3.88. The van der Waals surface area contributed by atoms with E-state index in [1.807, 2.05) is 13.0 Å². The first-order valence-electron chi connectivity index (χ1n) is 5.14. The molecule has 0 amide bonds. The Bertz CT molecular complexity index is 378. The molecule has 1 aromatic rings. The third-order valence-electron chi connectivity index (χ3n) is 2.80. The molecule has 15 heavy (non-hydrogen) atoms. The molecule has 1 heterocycles. The van der Waals surface area contributed by atoms with Crippen molar-refractivity contribution in [3.05, 3.63) is 34.9 Å². The highest BCUT2D eigenvalue weighted by atomic mass is 16.5. The number of aromatic carboxylic acids is 1. The minimum Gasteiger partial charge on any atom is -0.478 e. The summed E-state index contributed by atoms with van der Waals surface area (Å²) >= 11 is 0. The third kappa shape index (κ3) is 2.02. The maximum Gasteiger partial charge on any atom is 0.335 e. The third-order valence-corrected chi connectivity index (χ3v) is 2.80. The van der Waals surface area contributed by atoms with Gasteiger partial charge >= 0.3 is 5.97 Å². The lowest BCUT2D eigenvalue weighted by molar-refractivity contribution is 0.0696. The van der Waals surface area contributed by atoms with Crippen LogP contribution in [0.15, 0.2) is 18.2 Å². The molecule has 0 spiro atoms. The molecule has 1 aliphatic heterocycles. The molecule has 3 nitrogen and oxygen atoms in total. The molecule has 1 aliphatic rings. The van der Waals surface area contributed by atoms with E-state index in [-0.39, 0.29) is 6.10 Å². The largest absolute Gasteiger partial charge is 0.478 e. The van der Waals surface area contributed by atoms with Gasteiger partial charge in [-0.3, -0.25) is 0 Å². The van der Waals surface area contributed by atoms with Crippen LogP contribution in [0.5, 0.6) is 0 Å². The molecule has 0 radical (unpaired) electrons. The molecule has 1 aromatic carbocycles. The summed E-state index contributed by atoms with van der Waals surface area (Å²) in [5.74, 6) is -0.880. The van der Waals surface area contributed by atoms with Gasteiger partial charge in [-0.15, -0.1) is 0 Å². The molecule has 1 fully saturated rings. The van der Waals surface area contributed by atoms with E-state index >= 15 is 0 Å². The average molecular weight is 206 g/mol. The Labute approximate surface area is 88.7 Å². The van der Waals surface area contributed by atoms with Crippen LogP contribution in [-0.4, -0.2) is 17.7 Å². The van der Waals surface area contributed by atoms with Crippen LogP contribution >= 0.6 is 0 Å². The van der Waals surface area contributed by atoms with Crippen LogP contribution in [0.4, 0.5) is 0 Å². The summed E-state index contributed by atoms with van der Waals surface area (Å²) in [6, 6.07) is 5.21. The van der Waals surface area contributed by atoms with E-state index in [9.17, 15) is 4.79 Å². The molecule has 0 saturated carbocycles. The Morgan fingerprint density at radius 3 is 2.93 bits per heavy atom. The fourth-order valence-electron chi connectivity index (χ4n) is 1.94. The van der Waals surface area contributed by atoms with Gasteiger partial charge in [-0.1, -0.05) is 6.07 Å². The normalized spacial score (nSPS) is 20.5. The smallest absolute Gasteiger partial charge is 0.335 e. The zero-order valence-corrected chi connectivity index (χ0v) is 8.69. The minimum atomic E-state index is -0.880. The van der Waals surface area contributed by atoms with E-state index < -0.39 is 5.97 Å². The number of carbonyl (C=O) groups is 1. The molecule has 3 heteroatoms. The molecular weight excluding hydrogens is 192 g/mol. The standard InChI is InChI=1S/C12H14O3/c1-8-4-5-9(12(13)14)7-10(8)11-3-2-6-15-11/h4-5,7,11H,2-3,6H2,1H3,(H,13,14). The van der Waals surface area contributed by atoms with Crippen molar-refractivity contribution in [2.75, 3.05) is 6.61 Å². The van der Waals surface area contributed by atoms with E-state index in [1.165, 1.54) is 0 Å². The van der Waals surface area contributed by atoms with E-state index in [0.29, 0.717) is 5.56 Å². The van der Waals surface area contributed by atoms with E-state index in [4.69, 9.17) is 9.84 Å². The van der Waals surface area contributed by atoms with Gasteiger partial charge in [-0.25, -0.2) is 4.79 Å². The summed E-state index contributed by atoms with van der Waals surface area (Å²) in [5.41, 5.74) is 2.46. The second-order valence-corrected chi connectivity index (χ2v) is 3.88. The Morgan fingerprint density at radius 1 is 1.53 bits per heavy atom. The van der Waals surface area contributed by atoms with Gasteiger partial charge in [0.25, 0.3) is 0 Å². The molecule has 0 bridgehead atoms. The van der Waals surface area contributed by atoms with Crippen LogP contribution in [0.25, 0.3) is 0 Å². The van der Waals surface area contributed by atoms with E-state index in [2.05, 4.69) is 0 Å². The van der Waals surface area contributed by atoms with E-state index in [0.717, 1.165) is 30.6 Å². The van der Waals surface area contributed by atoms with Crippen LogP contribution in [-0.2, 0) is 4.74 Å². The second kappa shape index (κ2) is 4.03. The van der Waals surface area contributed by atoms with Crippen LogP contribution in [0, 0.1) is 6.92 Å². The summed E-state index contributed by atoms with van der Waals surface area (Å²) < 4.78 is 5.56. The Hall–Kier alpha value is -1.35. The fourth-order valence-corrected chi connectivity index (χ4v) is 1.94. The first kappa shape index (κ1) is 10.2. The summed E-state index contributed by atoms with van der Waals surface area (Å²) in [6.07, 6.45) is 2.13. The SMILES string of the molecule is Cc1ccc(C(=O)O)cc1C1CCCO1. The summed E-state index contributed by atoms with van der Waals surface area (Å²) in [6.45, 7) is 2.77.